The average Bonchev–Trinajstić information content (AvgIpc) is 2.47. The number of likely N-dealkylation sites (tertiary alicyclic amines) is 1. The normalized spacial score (nSPS) is 19.5. The number of likely N-dealkylation sites (N-methyl/N-ethyl adjacent to an activating group) is 1. The van der Waals surface area contributed by atoms with Crippen molar-refractivity contribution in [2.75, 3.05) is 33.3 Å². The standard InChI is InChI=1S/C14H23N3O3S.ClH/c1-16-12-3-2-8-17(11-12)9-10-20-13-4-6-14(7-5-13)21(15,18)19;/h4-7,12,16H,2-3,8-11H2,1H3,(H2,15,18,19);1H. The summed E-state index contributed by atoms with van der Waals surface area (Å²) < 4.78 is 27.9. The van der Waals surface area contributed by atoms with E-state index in [1.54, 1.807) is 12.1 Å². The van der Waals surface area contributed by atoms with E-state index >= 15 is 0 Å². The van der Waals surface area contributed by atoms with Crippen molar-refractivity contribution < 1.29 is 13.2 Å². The molecule has 1 aliphatic heterocycles. The van der Waals surface area contributed by atoms with Gasteiger partial charge in [-0.3, -0.25) is 4.90 Å². The Morgan fingerprint density at radius 1 is 1.36 bits per heavy atom. The molecule has 0 radical (unpaired) electrons. The van der Waals surface area contributed by atoms with E-state index in [4.69, 9.17) is 9.88 Å². The van der Waals surface area contributed by atoms with E-state index in [9.17, 15) is 8.42 Å². The quantitative estimate of drug-likeness (QED) is 0.794. The lowest BCUT2D eigenvalue weighted by atomic mass is 10.1. The third-order valence-electron chi connectivity index (χ3n) is 3.74. The lowest BCUT2D eigenvalue weighted by Crippen LogP contribution is -2.45. The molecule has 6 nitrogen and oxygen atoms in total. The molecular weight excluding hydrogens is 326 g/mol. The van der Waals surface area contributed by atoms with Crippen molar-refractivity contribution in [2.45, 2.75) is 23.8 Å². The Morgan fingerprint density at radius 3 is 2.64 bits per heavy atom. The Hall–Kier alpha value is -0.860. The highest BCUT2D eigenvalue weighted by molar-refractivity contribution is 7.89. The maximum Gasteiger partial charge on any atom is 0.238 e. The first-order chi connectivity index (χ1) is 9.99. The average molecular weight is 350 g/mol. The summed E-state index contributed by atoms with van der Waals surface area (Å²) in [6.07, 6.45) is 2.43. The smallest absolute Gasteiger partial charge is 0.238 e. The van der Waals surface area contributed by atoms with Gasteiger partial charge in [0.2, 0.25) is 10.0 Å². The summed E-state index contributed by atoms with van der Waals surface area (Å²) in [5.74, 6) is 0.657. The Morgan fingerprint density at radius 2 is 2.05 bits per heavy atom. The fourth-order valence-corrected chi connectivity index (χ4v) is 3.03. The molecule has 0 aliphatic carbocycles. The fraction of sp³-hybridized carbons (Fsp3) is 0.571. The molecule has 22 heavy (non-hydrogen) atoms. The van der Waals surface area contributed by atoms with E-state index in [1.807, 2.05) is 7.05 Å². The molecule has 1 aromatic rings. The number of nitrogens with one attached hydrogen (secondary N) is 1. The summed E-state index contributed by atoms with van der Waals surface area (Å²) in [5.41, 5.74) is 0. The van der Waals surface area contributed by atoms with Crippen LogP contribution in [-0.4, -0.2) is 52.6 Å². The number of piperidine rings is 1. The first-order valence-corrected chi connectivity index (χ1v) is 8.69. The number of primary sulfonamides is 1. The highest BCUT2D eigenvalue weighted by atomic mass is 35.5. The number of hydrogen-bond donors (Lipinski definition) is 2. The van der Waals surface area contributed by atoms with Gasteiger partial charge in [0.15, 0.2) is 0 Å². The lowest BCUT2D eigenvalue weighted by Gasteiger charge is -2.32. The predicted octanol–water partition coefficient (Wildman–Crippen LogP) is 0.818. The van der Waals surface area contributed by atoms with Crippen molar-refractivity contribution in [3.05, 3.63) is 24.3 Å². The maximum absolute atomic E-state index is 11.1. The second-order valence-electron chi connectivity index (χ2n) is 5.29. The minimum Gasteiger partial charge on any atom is -0.492 e. The van der Waals surface area contributed by atoms with Crippen LogP contribution in [0.25, 0.3) is 0 Å². The van der Waals surface area contributed by atoms with E-state index in [-0.39, 0.29) is 17.3 Å². The van der Waals surface area contributed by atoms with Crippen LogP contribution in [-0.2, 0) is 10.0 Å². The van der Waals surface area contributed by atoms with Crippen LogP contribution in [0.1, 0.15) is 12.8 Å². The zero-order valence-corrected chi connectivity index (χ0v) is 14.3. The van der Waals surface area contributed by atoms with Crippen LogP contribution in [0.15, 0.2) is 29.2 Å². The predicted molar refractivity (Wildman–Crippen MR) is 89.1 cm³/mol. The van der Waals surface area contributed by atoms with Crippen LogP contribution in [0, 0.1) is 0 Å². The van der Waals surface area contributed by atoms with Gasteiger partial charge >= 0.3 is 0 Å². The molecule has 1 saturated heterocycles. The van der Waals surface area contributed by atoms with E-state index in [0.717, 1.165) is 19.6 Å². The summed E-state index contributed by atoms with van der Waals surface area (Å²) in [5, 5.41) is 8.36. The number of sulfonamides is 1. The van der Waals surface area contributed by atoms with Crippen LogP contribution < -0.4 is 15.2 Å². The molecule has 3 N–H and O–H groups in total. The topological polar surface area (TPSA) is 84.7 Å². The molecule has 0 bridgehead atoms. The molecule has 126 valence electrons. The summed E-state index contributed by atoms with van der Waals surface area (Å²) in [7, 11) is -1.64. The van der Waals surface area contributed by atoms with Gasteiger partial charge in [-0.25, -0.2) is 13.6 Å². The van der Waals surface area contributed by atoms with Gasteiger partial charge < -0.3 is 10.1 Å². The minimum absolute atomic E-state index is 0. The number of benzene rings is 1. The highest BCUT2D eigenvalue weighted by Gasteiger charge is 2.17. The number of halogens is 1. The van der Waals surface area contributed by atoms with Gasteiger partial charge in [0.1, 0.15) is 12.4 Å². The molecule has 0 saturated carbocycles. The number of rotatable bonds is 6. The van der Waals surface area contributed by atoms with Crippen LogP contribution in [0.5, 0.6) is 5.75 Å². The SMILES string of the molecule is CNC1CCCN(CCOc2ccc(S(N)(=O)=O)cc2)C1.Cl. The Kier molecular flexibility index (Phi) is 7.58. The van der Waals surface area contributed by atoms with Gasteiger partial charge in [-0.15, -0.1) is 12.4 Å². The fourth-order valence-electron chi connectivity index (χ4n) is 2.51. The van der Waals surface area contributed by atoms with E-state index in [1.165, 1.54) is 25.0 Å². The number of nitrogens with two attached hydrogens (primary N) is 1. The van der Waals surface area contributed by atoms with Crippen molar-refractivity contribution in [3.8, 4) is 5.75 Å². The van der Waals surface area contributed by atoms with Gasteiger partial charge in [-0.05, 0) is 50.7 Å². The third kappa shape index (κ3) is 5.73. The zero-order valence-electron chi connectivity index (χ0n) is 12.7. The first kappa shape index (κ1) is 19.2. The number of nitrogens with zero attached hydrogens (tertiary/aromatic N) is 1. The monoisotopic (exact) mass is 349 g/mol. The summed E-state index contributed by atoms with van der Waals surface area (Å²) >= 11 is 0. The largest absolute Gasteiger partial charge is 0.492 e. The van der Waals surface area contributed by atoms with Crippen LogP contribution in [0.3, 0.4) is 0 Å². The van der Waals surface area contributed by atoms with E-state index in [0.29, 0.717) is 18.4 Å². The Bertz CT molecular complexity index is 551. The van der Waals surface area contributed by atoms with Crippen molar-refractivity contribution in [1.82, 2.24) is 10.2 Å². The molecule has 1 atom stereocenters. The highest BCUT2D eigenvalue weighted by Crippen LogP contribution is 2.15. The molecule has 0 aromatic heterocycles. The summed E-state index contributed by atoms with van der Waals surface area (Å²) in [6.45, 7) is 3.61. The third-order valence-corrected chi connectivity index (χ3v) is 4.67. The molecule has 1 aliphatic rings. The second kappa shape index (κ2) is 8.69. The van der Waals surface area contributed by atoms with Crippen molar-refractivity contribution in [1.29, 1.82) is 0 Å². The molecule has 1 fully saturated rings. The molecule has 1 unspecified atom stereocenters. The molecule has 1 heterocycles. The van der Waals surface area contributed by atoms with Gasteiger partial charge in [0, 0.05) is 19.1 Å². The van der Waals surface area contributed by atoms with Crippen molar-refractivity contribution >= 4 is 22.4 Å². The van der Waals surface area contributed by atoms with Crippen LogP contribution >= 0.6 is 12.4 Å². The Labute approximate surface area is 138 Å². The molecule has 8 heteroatoms. The summed E-state index contributed by atoms with van der Waals surface area (Å²) in [6, 6.07) is 6.75. The number of hydrogen-bond acceptors (Lipinski definition) is 5. The molecular formula is C14H24ClN3O3S. The van der Waals surface area contributed by atoms with Crippen molar-refractivity contribution in [2.24, 2.45) is 5.14 Å². The second-order valence-corrected chi connectivity index (χ2v) is 6.85. The van der Waals surface area contributed by atoms with Gasteiger partial charge in [-0.1, -0.05) is 0 Å². The van der Waals surface area contributed by atoms with Crippen LogP contribution in [0.4, 0.5) is 0 Å². The zero-order chi connectivity index (χ0) is 15.3. The van der Waals surface area contributed by atoms with E-state index < -0.39 is 10.0 Å². The van der Waals surface area contributed by atoms with Gasteiger partial charge in [-0.2, -0.15) is 0 Å². The minimum atomic E-state index is -3.64. The Balaban J connectivity index is 0.00000242. The van der Waals surface area contributed by atoms with Crippen LogP contribution in [0.2, 0.25) is 0 Å². The van der Waals surface area contributed by atoms with Gasteiger partial charge in [0.25, 0.3) is 0 Å². The first-order valence-electron chi connectivity index (χ1n) is 7.14. The molecule has 1 aromatic carbocycles. The number of ether oxygens (including phenoxy) is 1. The van der Waals surface area contributed by atoms with Gasteiger partial charge in [0.05, 0.1) is 4.90 Å². The lowest BCUT2D eigenvalue weighted by molar-refractivity contribution is 0.162. The molecule has 0 amide bonds. The summed E-state index contributed by atoms with van der Waals surface area (Å²) in [4.78, 5) is 2.48. The maximum atomic E-state index is 11.1. The van der Waals surface area contributed by atoms with E-state index in [2.05, 4.69) is 10.2 Å². The molecule has 2 rings (SSSR count). The molecule has 0 spiro atoms. The van der Waals surface area contributed by atoms with Crippen molar-refractivity contribution in [3.63, 3.8) is 0 Å².